The lowest BCUT2D eigenvalue weighted by Crippen LogP contribution is -2.29. The number of pyridine rings is 1. The number of hydrogen-bond acceptors (Lipinski definition) is 2. The first kappa shape index (κ1) is 10.9. The summed E-state index contributed by atoms with van der Waals surface area (Å²) in [4.78, 5) is 25.9. The second kappa shape index (κ2) is 4.12. The van der Waals surface area contributed by atoms with Gasteiger partial charge in [-0.1, -0.05) is 6.92 Å². The van der Waals surface area contributed by atoms with Crippen LogP contribution in [0.4, 0.5) is 0 Å². The SMILES string of the molecule is CNC(=O)c1cc2c([nH]c1=O)CCC(C)C2. The highest BCUT2D eigenvalue weighted by Crippen LogP contribution is 2.23. The molecule has 1 amide bonds. The average Bonchev–Trinajstić information content (AvgIpc) is 2.28. The van der Waals surface area contributed by atoms with E-state index in [-0.39, 0.29) is 17.0 Å². The Labute approximate surface area is 94.1 Å². The molecule has 0 radical (unpaired) electrons. The number of aromatic nitrogens is 1. The van der Waals surface area contributed by atoms with Crippen LogP contribution in [-0.2, 0) is 12.8 Å². The van der Waals surface area contributed by atoms with Crippen molar-refractivity contribution in [2.75, 3.05) is 7.05 Å². The van der Waals surface area contributed by atoms with Crippen molar-refractivity contribution in [1.29, 1.82) is 0 Å². The molecule has 0 saturated carbocycles. The molecule has 0 spiro atoms. The number of nitrogens with one attached hydrogen (secondary N) is 2. The van der Waals surface area contributed by atoms with Gasteiger partial charge in [0.1, 0.15) is 5.56 Å². The van der Waals surface area contributed by atoms with Crippen molar-refractivity contribution >= 4 is 5.91 Å². The van der Waals surface area contributed by atoms with E-state index < -0.39 is 0 Å². The van der Waals surface area contributed by atoms with Gasteiger partial charge in [0.05, 0.1) is 0 Å². The second-order valence-corrected chi connectivity index (χ2v) is 4.44. The molecule has 0 saturated heterocycles. The van der Waals surface area contributed by atoms with Crippen LogP contribution in [0.15, 0.2) is 10.9 Å². The molecule has 2 N–H and O–H groups in total. The lowest BCUT2D eigenvalue weighted by molar-refractivity contribution is 0.0961. The van der Waals surface area contributed by atoms with Crippen molar-refractivity contribution in [3.63, 3.8) is 0 Å². The predicted octanol–water partition coefficient (Wildman–Crippen LogP) is 0.859. The van der Waals surface area contributed by atoms with Crippen LogP contribution in [0.2, 0.25) is 0 Å². The number of aryl methyl sites for hydroxylation is 1. The number of amides is 1. The standard InChI is InChI=1S/C12H16N2O2/c1-7-3-4-10-8(5-7)6-9(11(15)13-2)12(16)14-10/h6-7H,3-5H2,1-2H3,(H,13,15)(H,14,16). The van der Waals surface area contributed by atoms with Crippen LogP contribution in [0.25, 0.3) is 0 Å². The van der Waals surface area contributed by atoms with E-state index in [2.05, 4.69) is 17.2 Å². The average molecular weight is 220 g/mol. The van der Waals surface area contributed by atoms with E-state index >= 15 is 0 Å². The summed E-state index contributed by atoms with van der Waals surface area (Å²) in [5, 5.41) is 2.48. The van der Waals surface area contributed by atoms with Crippen molar-refractivity contribution in [2.45, 2.75) is 26.2 Å². The highest BCUT2D eigenvalue weighted by molar-refractivity contribution is 5.93. The van der Waals surface area contributed by atoms with Crippen LogP contribution in [-0.4, -0.2) is 17.9 Å². The zero-order chi connectivity index (χ0) is 11.7. The summed E-state index contributed by atoms with van der Waals surface area (Å²) in [6.45, 7) is 2.19. The van der Waals surface area contributed by atoms with Crippen LogP contribution in [0, 0.1) is 5.92 Å². The molecule has 4 heteroatoms. The van der Waals surface area contributed by atoms with Gasteiger partial charge in [0.15, 0.2) is 0 Å². The molecule has 16 heavy (non-hydrogen) atoms. The minimum absolute atomic E-state index is 0.218. The van der Waals surface area contributed by atoms with Crippen molar-refractivity contribution < 1.29 is 4.79 Å². The van der Waals surface area contributed by atoms with Crippen molar-refractivity contribution in [2.24, 2.45) is 5.92 Å². The molecule has 1 unspecified atom stereocenters. The number of carbonyl (C=O) groups excluding carboxylic acids is 1. The monoisotopic (exact) mass is 220 g/mol. The number of rotatable bonds is 1. The Morgan fingerprint density at radius 3 is 3.00 bits per heavy atom. The van der Waals surface area contributed by atoms with Crippen molar-refractivity contribution in [1.82, 2.24) is 10.3 Å². The minimum atomic E-state index is -0.317. The Bertz CT molecular complexity index is 476. The van der Waals surface area contributed by atoms with Gasteiger partial charge < -0.3 is 10.3 Å². The Kier molecular flexibility index (Phi) is 2.81. The van der Waals surface area contributed by atoms with E-state index in [1.807, 2.05) is 0 Å². The number of carbonyl (C=O) groups is 1. The fourth-order valence-corrected chi connectivity index (χ4v) is 2.19. The second-order valence-electron chi connectivity index (χ2n) is 4.44. The highest BCUT2D eigenvalue weighted by Gasteiger charge is 2.19. The normalized spacial score (nSPS) is 19.0. The molecular weight excluding hydrogens is 204 g/mol. The molecule has 1 aromatic heterocycles. The molecule has 0 aromatic carbocycles. The minimum Gasteiger partial charge on any atom is -0.355 e. The predicted molar refractivity (Wildman–Crippen MR) is 61.6 cm³/mol. The van der Waals surface area contributed by atoms with Gasteiger partial charge in [-0.25, -0.2) is 0 Å². The van der Waals surface area contributed by atoms with Gasteiger partial charge in [-0.3, -0.25) is 9.59 Å². The Balaban J connectivity index is 2.47. The third-order valence-electron chi connectivity index (χ3n) is 3.14. The lowest BCUT2D eigenvalue weighted by atomic mass is 9.87. The van der Waals surface area contributed by atoms with Gasteiger partial charge >= 0.3 is 0 Å². The number of fused-ring (bicyclic) bond motifs is 1. The molecule has 1 aromatic rings. The quantitative estimate of drug-likeness (QED) is 0.737. The smallest absolute Gasteiger partial charge is 0.261 e. The molecule has 1 heterocycles. The number of hydrogen-bond donors (Lipinski definition) is 2. The maximum atomic E-state index is 11.7. The van der Waals surface area contributed by atoms with Gasteiger partial charge in [0.25, 0.3) is 11.5 Å². The van der Waals surface area contributed by atoms with Gasteiger partial charge in [0.2, 0.25) is 0 Å². The van der Waals surface area contributed by atoms with Crippen LogP contribution in [0.5, 0.6) is 0 Å². The molecule has 86 valence electrons. The van der Waals surface area contributed by atoms with E-state index in [4.69, 9.17) is 0 Å². The summed E-state index contributed by atoms with van der Waals surface area (Å²) in [6.07, 6.45) is 2.94. The van der Waals surface area contributed by atoms with Crippen molar-refractivity contribution in [3.8, 4) is 0 Å². The molecule has 0 aliphatic heterocycles. The van der Waals surface area contributed by atoms with Gasteiger partial charge in [-0.15, -0.1) is 0 Å². The summed E-state index contributed by atoms with van der Waals surface area (Å²) in [5.74, 6) is 0.304. The third-order valence-corrected chi connectivity index (χ3v) is 3.14. The van der Waals surface area contributed by atoms with Crippen LogP contribution < -0.4 is 10.9 Å². The van der Waals surface area contributed by atoms with Crippen molar-refractivity contribution in [3.05, 3.63) is 33.2 Å². The highest BCUT2D eigenvalue weighted by atomic mass is 16.2. The third kappa shape index (κ3) is 1.87. The van der Waals surface area contributed by atoms with E-state index in [1.165, 1.54) is 7.05 Å². The lowest BCUT2D eigenvalue weighted by Gasteiger charge is -2.21. The first-order valence-corrected chi connectivity index (χ1v) is 5.59. The summed E-state index contributed by atoms with van der Waals surface area (Å²) >= 11 is 0. The maximum Gasteiger partial charge on any atom is 0.261 e. The summed E-state index contributed by atoms with van der Waals surface area (Å²) in [5.41, 5.74) is 2.04. The van der Waals surface area contributed by atoms with E-state index in [1.54, 1.807) is 6.07 Å². The molecule has 0 fully saturated rings. The molecule has 1 aliphatic rings. The van der Waals surface area contributed by atoms with Crippen LogP contribution >= 0.6 is 0 Å². The molecule has 2 rings (SSSR count). The summed E-state index contributed by atoms with van der Waals surface area (Å²) in [7, 11) is 1.53. The van der Waals surface area contributed by atoms with Crippen LogP contribution in [0.3, 0.4) is 0 Å². The number of aromatic amines is 1. The van der Waals surface area contributed by atoms with Gasteiger partial charge in [-0.05, 0) is 36.8 Å². The van der Waals surface area contributed by atoms with Gasteiger partial charge in [0, 0.05) is 12.7 Å². The van der Waals surface area contributed by atoms with Gasteiger partial charge in [-0.2, -0.15) is 0 Å². The summed E-state index contributed by atoms with van der Waals surface area (Å²) < 4.78 is 0. The fraction of sp³-hybridized carbons (Fsp3) is 0.500. The maximum absolute atomic E-state index is 11.7. The zero-order valence-electron chi connectivity index (χ0n) is 9.59. The molecular formula is C12H16N2O2. The zero-order valence-corrected chi connectivity index (χ0v) is 9.59. The molecule has 1 atom stereocenters. The largest absolute Gasteiger partial charge is 0.355 e. The molecule has 1 aliphatic carbocycles. The first-order valence-electron chi connectivity index (χ1n) is 5.59. The van der Waals surface area contributed by atoms with E-state index in [9.17, 15) is 9.59 Å². The first-order chi connectivity index (χ1) is 7.61. The number of H-pyrrole nitrogens is 1. The van der Waals surface area contributed by atoms with E-state index in [0.717, 1.165) is 30.5 Å². The summed E-state index contributed by atoms with van der Waals surface area (Å²) in [6, 6.07) is 1.74. The Hall–Kier alpha value is -1.58. The molecule has 0 bridgehead atoms. The van der Waals surface area contributed by atoms with E-state index in [0.29, 0.717) is 5.92 Å². The Morgan fingerprint density at radius 2 is 2.31 bits per heavy atom. The topological polar surface area (TPSA) is 62.0 Å². The Morgan fingerprint density at radius 1 is 1.56 bits per heavy atom. The fourth-order valence-electron chi connectivity index (χ4n) is 2.19. The van der Waals surface area contributed by atoms with Crippen LogP contribution in [0.1, 0.15) is 35.0 Å². The molecule has 4 nitrogen and oxygen atoms in total.